The summed E-state index contributed by atoms with van der Waals surface area (Å²) in [5.41, 5.74) is 3.43. The van der Waals surface area contributed by atoms with Crippen molar-refractivity contribution >= 4 is 17.7 Å². The Kier molecular flexibility index (Phi) is 6.47. The number of hydrogen-bond donors (Lipinski definition) is 1. The minimum absolute atomic E-state index is 0.0778. The molecule has 0 amide bonds. The van der Waals surface area contributed by atoms with E-state index in [2.05, 4.69) is 22.1 Å². The maximum Gasteiger partial charge on any atom is 0.287 e. The first-order valence-electron chi connectivity index (χ1n) is 7.54. The molecule has 1 aromatic carbocycles. The molecule has 2 aromatic rings. The van der Waals surface area contributed by atoms with E-state index in [1.165, 1.54) is 12.1 Å². The average Bonchev–Trinajstić information content (AvgIpc) is 2.62. The highest BCUT2D eigenvalue weighted by Gasteiger charge is 2.06. The van der Waals surface area contributed by atoms with Gasteiger partial charge in [0.25, 0.3) is 5.69 Å². The second kappa shape index (κ2) is 9.02. The van der Waals surface area contributed by atoms with Crippen molar-refractivity contribution in [3.63, 3.8) is 0 Å². The number of anilines is 1. The lowest BCUT2D eigenvalue weighted by atomic mass is 10.2. The largest absolute Gasteiger partial charge is 0.490 e. The highest BCUT2D eigenvalue weighted by molar-refractivity contribution is 5.81. The van der Waals surface area contributed by atoms with E-state index in [4.69, 9.17) is 9.47 Å². The number of pyridine rings is 1. The third-order valence-corrected chi connectivity index (χ3v) is 2.98. The summed E-state index contributed by atoms with van der Waals surface area (Å²) in [6.07, 6.45) is 4.41. The number of nitro groups is 1. The van der Waals surface area contributed by atoms with Crippen LogP contribution in [0.25, 0.3) is 0 Å². The summed E-state index contributed by atoms with van der Waals surface area (Å²) in [4.78, 5) is 14.0. The van der Waals surface area contributed by atoms with Crippen LogP contribution in [-0.4, -0.2) is 29.3 Å². The van der Waals surface area contributed by atoms with Crippen molar-refractivity contribution in [2.75, 3.05) is 18.6 Å². The molecule has 8 heteroatoms. The second-order valence-electron chi connectivity index (χ2n) is 4.77. The van der Waals surface area contributed by atoms with Gasteiger partial charge in [-0.1, -0.05) is 12.7 Å². The van der Waals surface area contributed by atoms with Crippen molar-refractivity contribution in [2.45, 2.75) is 6.92 Å². The lowest BCUT2D eigenvalue weighted by molar-refractivity contribution is -0.385. The monoisotopic (exact) mass is 342 g/mol. The number of hydrazone groups is 1. The predicted molar refractivity (Wildman–Crippen MR) is 95.4 cm³/mol. The Hall–Kier alpha value is -3.42. The molecular weight excluding hydrogens is 324 g/mol. The van der Waals surface area contributed by atoms with Gasteiger partial charge in [-0.15, -0.1) is 0 Å². The molecule has 0 saturated heterocycles. The van der Waals surface area contributed by atoms with Crippen LogP contribution in [0.5, 0.6) is 11.5 Å². The molecule has 0 saturated carbocycles. The number of ether oxygens (including phenoxy) is 2. The molecule has 0 aliphatic carbocycles. The first kappa shape index (κ1) is 17.9. The van der Waals surface area contributed by atoms with Gasteiger partial charge < -0.3 is 9.47 Å². The van der Waals surface area contributed by atoms with Crippen LogP contribution < -0.4 is 14.9 Å². The molecule has 0 atom stereocenters. The van der Waals surface area contributed by atoms with Gasteiger partial charge in [0.2, 0.25) is 0 Å². The normalized spacial score (nSPS) is 10.4. The number of hydrogen-bond acceptors (Lipinski definition) is 7. The van der Waals surface area contributed by atoms with E-state index < -0.39 is 4.92 Å². The zero-order valence-electron chi connectivity index (χ0n) is 13.7. The molecule has 130 valence electrons. The minimum atomic E-state index is -0.509. The van der Waals surface area contributed by atoms with Crippen LogP contribution in [0.2, 0.25) is 0 Å². The van der Waals surface area contributed by atoms with Gasteiger partial charge >= 0.3 is 0 Å². The van der Waals surface area contributed by atoms with E-state index in [1.807, 2.05) is 13.0 Å². The minimum Gasteiger partial charge on any atom is -0.490 e. The SMILES string of the molecule is C=CCOc1ccc(/C=N\Nc2ccc([N+](=O)[O-])cn2)cc1OCC. The van der Waals surface area contributed by atoms with Crippen molar-refractivity contribution in [3.8, 4) is 11.5 Å². The van der Waals surface area contributed by atoms with Crippen LogP contribution >= 0.6 is 0 Å². The van der Waals surface area contributed by atoms with E-state index in [-0.39, 0.29) is 5.69 Å². The molecule has 8 nitrogen and oxygen atoms in total. The number of rotatable bonds is 9. The fraction of sp³-hybridized carbons (Fsp3) is 0.176. The van der Waals surface area contributed by atoms with Gasteiger partial charge in [0.15, 0.2) is 11.5 Å². The molecule has 2 rings (SSSR count). The zero-order valence-corrected chi connectivity index (χ0v) is 13.7. The predicted octanol–water partition coefficient (Wildman–Crippen LogP) is 3.40. The van der Waals surface area contributed by atoms with E-state index in [1.54, 1.807) is 24.4 Å². The Morgan fingerprint density at radius 1 is 1.32 bits per heavy atom. The third kappa shape index (κ3) is 5.31. The summed E-state index contributed by atoms with van der Waals surface area (Å²) in [6.45, 7) is 6.40. The molecule has 0 fully saturated rings. The molecule has 0 radical (unpaired) electrons. The van der Waals surface area contributed by atoms with Crippen LogP contribution in [0.1, 0.15) is 12.5 Å². The fourth-order valence-electron chi connectivity index (χ4n) is 1.87. The molecule has 0 aliphatic rings. The highest BCUT2D eigenvalue weighted by Crippen LogP contribution is 2.28. The number of benzene rings is 1. The molecule has 0 spiro atoms. The van der Waals surface area contributed by atoms with Crippen LogP contribution in [-0.2, 0) is 0 Å². The van der Waals surface area contributed by atoms with Gasteiger partial charge in [-0.25, -0.2) is 4.98 Å². The standard InChI is InChI=1S/C17H18N4O4/c1-3-9-25-15-7-5-13(10-16(15)24-4-2)11-19-20-17-8-6-14(12-18-17)21(22)23/h3,5-8,10-12H,1,4,9H2,2H3,(H,18,20)/b19-11-. The summed E-state index contributed by atoms with van der Waals surface area (Å²) >= 11 is 0. The second-order valence-corrected chi connectivity index (χ2v) is 4.77. The Balaban J connectivity index is 2.05. The van der Waals surface area contributed by atoms with E-state index >= 15 is 0 Å². The molecule has 0 bridgehead atoms. The smallest absolute Gasteiger partial charge is 0.287 e. The van der Waals surface area contributed by atoms with Gasteiger partial charge in [-0.2, -0.15) is 5.10 Å². The molecule has 0 unspecified atom stereocenters. The van der Waals surface area contributed by atoms with Crippen LogP contribution in [0.15, 0.2) is 54.3 Å². The topological polar surface area (TPSA) is 98.9 Å². The van der Waals surface area contributed by atoms with Crippen molar-refractivity contribution in [2.24, 2.45) is 5.10 Å². The summed E-state index contributed by atoms with van der Waals surface area (Å²) in [6, 6.07) is 8.25. The maximum atomic E-state index is 10.6. The summed E-state index contributed by atoms with van der Waals surface area (Å²) < 4.78 is 11.1. The van der Waals surface area contributed by atoms with E-state index in [9.17, 15) is 10.1 Å². The lowest BCUT2D eigenvalue weighted by Crippen LogP contribution is -2.00. The Bertz CT molecular complexity index is 760. The molecule has 1 aromatic heterocycles. The van der Waals surface area contributed by atoms with Crippen LogP contribution in [0.3, 0.4) is 0 Å². The maximum absolute atomic E-state index is 10.6. The van der Waals surface area contributed by atoms with Gasteiger partial charge in [0.05, 0.1) is 17.7 Å². The Morgan fingerprint density at radius 3 is 2.80 bits per heavy atom. The summed E-state index contributed by atoms with van der Waals surface area (Å²) in [7, 11) is 0. The van der Waals surface area contributed by atoms with Crippen LogP contribution in [0, 0.1) is 10.1 Å². The lowest BCUT2D eigenvalue weighted by Gasteiger charge is -2.11. The summed E-state index contributed by atoms with van der Waals surface area (Å²) in [5, 5.41) is 14.6. The van der Waals surface area contributed by atoms with Crippen molar-refractivity contribution in [1.82, 2.24) is 4.98 Å². The number of nitrogens with zero attached hydrogens (tertiary/aromatic N) is 3. The van der Waals surface area contributed by atoms with Gasteiger partial charge in [-0.3, -0.25) is 15.5 Å². The quantitative estimate of drug-likeness (QED) is 0.324. The van der Waals surface area contributed by atoms with E-state index in [0.29, 0.717) is 30.5 Å². The fourth-order valence-corrected chi connectivity index (χ4v) is 1.87. The zero-order chi connectivity index (χ0) is 18.1. The van der Waals surface area contributed by atoms with Gasteiger partial charge in [0, 0.05) is 6.07 Å². The first-order valence-corrected chi connectivity index (χ1v) is 7.54. The molecule has 0 aliphatic heterocycles. The van der Waals surface area contributed by atoms with Crippen molar-refractivity contribution in [1.29, 1.82) is 0 Å². The number of nitrogens with one attached hydrogen (secondary N) is 1. The highest BCUT2D eigenvalue weighted by atomic mass is 16.6. The summed E-state index contributed by atoms with van der Waals surface area (Å²) in [5.74, 6) is 1.64. The molecule has 1 heterocycles. The molecule has 1 N–H and O–H groups in total. The van der Waals surface area contributed by atoms with Gasteiger partial charge in [0.1, 0.15) is 18.6 Å². The third-order valence-electron chi connectivity index (χ3n) is 2.98. The van der Waals surface area contributed by atoms with Gasteiger partial charge in [-0.05, 0) is 36.8 Å². The Morgan fingerprint density at radius 2 is 2.16 bits per heavy atom. The average molecular weight is 342 g/mol. The number of aromatic nitrogens is 1. The van der Waals surface area contributed by atoms with Crippen molar-refractivity contribution in [3.05, 3.63) is 64.9 Å². The van der Waals surface area contributed by atoms with Crippen LogP contribution in [0.4, 0.5) is 11.5 Å². The van der Waals surface area contributed by atoms with E-state index in [0.717, 1.165) is 11.8 Å². The Labute approximate surface area is 145 Å². The van der Waals surface area contributed by atoms with Crippen molar-refractivity contribution < 1.29 is 14.4 Å². The molecule has 25 heavy (non-hydrogen) atoms. The molecular formula is C17H18N4O4. The first-order chi connectivity index (χ1) is 12.1.